The van der Waals surface area contributed by atoms with Gasteiger partial charge in [-0.2, -0.15) is 0 Å². The van der Waals surface area contributed by atoms with Gasteiger partial charge in [0.1, 0.15) is 5.75 Å². The van der Waals surface area contributed by atoms with E-state index in [4.69, 9.17) is 0 Å². The monoisotopic (exact) mass is 274 g/mol. The number of phenols is 1. The molecule has 5 nitrogen and oxygen atoms in total. The van der Waals surface area contributed by atoms with Gasteiger partial charge in [0, 0.05) is 31.6 Å². The van der Waals surface area contributed by atoms with Gasteiger partial charge in [0.2, 0.25) is 5.91 Å². The fourth-order valence-corrected chi connectivity index (χ4v) is 3.08. The van der Waals surface area contributed by atoms with Crippen LogP contribution in [0.5, 0.6) is 5.75 Å². The molecule has 1 aromatic carbocycles. The minimum atomic E-state index is -0.00265. The molecule has 2 aliphatic heterocycles. The topological polar surface area (TPSA) is 69.6 Å². The molecule has 0 aromatic heterocycles. The Balaban J connectivity index is 1.64. The smallest absolute Gasteiger partial charge is 0.253 e. The van der Waals surface area contributed by atoms with E-state index in [1.165, 1.54) is 12.1 Å². The maximum absolute atomic E-state index is 12.3. The maximum atomic E-state index is 12.3. The molecule has 2 N–H and O–H groups in total. The minimum absolute atomic E-state index is 0.00265. The highest BCUT2D eigenvalue weighted by molar-refractivity contribution is 5.94. The second kappa shape index (κ2) is 4.81. The Hall–Kier alpha value is -2.04. The largest absolute Gasteiger partial charge is 0.508 e. The molecular formula is C15H18N2O3. The van der Waals surface area contributed by atoms with E-state index in [1.807, 2.05) is 4.90 Å². The minimum Gasteiger partial charge on any atom is -0.508 e. The summed E-state index contributed by atoms with van der Waals surface area (Å²) in [5, 5.41) is 12.1. The second-order valence-corrected chi connectivity index (χ2v) is 5.79. The number of amides is 2. The van der Waals surface area contributed by atoms with E-state index in [0.29, 0.717) is 25.1 Å². The fourth-order valence-electron chi connectivity index (χ4n) is 3.08. The zero-order chi connectivity index (χ0) is 14.2. The van der Waals surface area contributed by atoms with E-state index >= 15 is 0 Å². The van der Waals surface area contributed by atoms with Crippen LogP contribution in [-0.4, -0.2) is 41.5 Å². The molecule has 5 heteroatoms. The highest BCUT2D eigenvalue weighted by Crippen LogP contribution is 2.37. The molecule has 0 unspecified atom stereocenters. The van der Waals surface area contributed by atoms with Gasteiger partial charge in [0.25, 0.3) is 5.91 Å². The van der Waals surface area contributed by atoms with Crippen LogP contribution < -0.4 is 5.32 Å². The molecule has 2 fully saturated rings. The third kappa shape index (κ3) is 2.35. The summed E-state index contributed by atoms with van der Waals surface area (Å²) in [7, 11) is 0. The molecule has 1 aromatic rings. The molecule has 20 heavy (non-hydrogen) atoms. The number of nitrogens with one attached hydrogen (secondary N) is 1. The highest BCUT2D eigenvalue weighted by Gasteiger charge is 2.41. The van der Waals surface area contributed by atoms with Crippen LogP contribution >= 0.6 is 0 Å². The average Bonchev–Trinajstić information content (AvgIpc) is 2.81. The molecule has 2 heterocycles. The summed E-state index contributed by atoms with van der Waals surface area (Å²) in [6.45, 7) is 2.12. The highest BCUT2D eigenvalue weighted by atomic mass is 16.3. The molecule has 2 amide bonds. The number of carbonyl (C=O) groups excluding carboxylic acids is 2. The lowest BCUT2D eigenvalue weighted by Gasteiger charge is -2.38. The summed E-state index contributed by atoms with van der Waals surface area (Å²) in [6.07, 6.45) is 2.33. The zero-order valence-corrected chi connectivity index (χ0v) is 11.3. The Labute approximate surface area is 117 Å². The van der Waals surface area contributed by atoms with Crippen LogP contribution in [0, 0.1) is 5.41 Å². The summed E-state index contributed by atoms with van der Waals surface area (Å²) in [5.41, 5.74) is 0.655. The summed E-state index contributed by atoms with van der Waals surface area (Å²) in [6, 6.07) is 6.34. The van der Waals surface area contributed by atoms with E-state index < -0.39 is 0 Å². The van der Waals surface area contributed by atoms with Crippen molar-refractivity contribution in [2.75, 3.05) is 19.6 Å². The summed E-state index contributed by atoms with van der Waals surface area (Å²) in [4.78, 5) is 25.5. The van der Waals surface area contributed by atoms with Gasteiger partial charge >= 0.3 is 0 Å². The molecule has 0 atom stereocenters. The first-order chi connectivity index (χ1) is 9.58. The van der Waals surface area contributed by atoms with Gasteiger partial charge in [0.15, 0.2) is 0 Å². The molecule has 1 spiro atoms. The number of benzene rings is 1. The third-order valence-corrected chi connectivity index (χ3v) is 4.42. The number of likely N-dealkylation sites (tertiary alicyclic amines) is 1. The number of carbonyl (C=O) groups is 2. The van der Waals surface area contributed by atoms with E-state index in [9.17, 15) is 14.7 Å². The standard InChI is InChI=1S/C15H18N2O3/c18-12-3-1-11(2-4-12)14(20)17-7-5-15(6-8-17)9-13(19)16-10-15/h1-4,18H,5-10H2,(H,16,19). The summed E-state index contributed by atoms with van der Waals surface area (Å²) >= 11 is 0. The van der Waals surface area contributed by atoms with E-state index in [2.05, 4.69) is 5.32 Å². The van der Waals surface area contributed by atoms with Gasteiger partial charge in [-0.25, -0.2) is 0 Å². The predicted molar refractivity (Wildman–Crippen MR) is 73.3 cm³/mol. The SMILES string of the molecule is O=C1CC2(CCN(C(=O)c3ccc(O)cc3)CC2)CN1. The van der Waals surface area contributed by atoms with Crippen LogP contribution in [0.4, 0.5) is 0 Å². The van der Waals surface area contributed by atoms with Gasteiger partial charge in [0.05, 0.1) is 0 Å². The lowest BCUT2D eigenvalue weighted by molar-refractivity contribution is -0.119. The fraction of sp³-hybridized carbons (Fsp3) is 0.467. The van der Waals surface area contributed by atoms with Crippen molar-refractivity contribution in [1.82, 2.24) is 10.2 Å². The molecule has 2 aliphatic rings. The lowest BCUT2D eigenvalue weighted by Crippen LogP contribution is -2.44. The van der Waals surface area contributed by atoms with Gasteiger partial charge < -0.3 is 15.3 Å². The Kier molecular flexibility index (Phi) is 3.12. The quantitative estimate of drug-likeness (QED) is 0.806. The number of rotatable bonds is 1. The molecule has 3 rings (SSSR count). The summed E-state index contributed by atoms with van der Waals surface area (Å²) in [5.74, 6) is 0.287. The average molecular weight is 274 g/mol. The van der Waals surface area contributed by atoms with Crippen molar-refractivity contribution >= 4 is 11.8 Å². The number of hydrogen-bond acceptors (Lipinski definition) is 3. The second-order valence-electron chi connectivity index (χ2n) is 5.79. The first-order valence-electron chi connectivity index (χ1n) is 6.93. The van der Waals surface area contributed by atoms with Crippen LogP contribution in [0.15, 0.2) is 24.3 Å². The van der Waals surface area contributed by atoms with Crippen molar-refractivity contribution in [2.45, 2.75) is 19.3 Å². The Bertz CT molecular complexity index is 531. The number of hydrogen-bond donors (Lipinski definition) is 2. The molecule has 106 valence electrons. The number of aromatic hydroxyl groups is 1. The van der Waals surface area contributed by atoms with Crippen LogP contribution in [-0.2, 0) is 4.79 Å². The van der Waals surface area contributed by atoms with Crippen molar-refractivity contribution in [3.63, 3.8) is 0 Å². The molecule has 0 aliphatic carbocycles. The van der Waals surface area contributed by atoms with Gasteiger partial charge in [-0.1, -0.05) is 0 Å². The van der Waals surface area contributed by atoms with Crippen molar-refractivity contribution < 1.29 is 14.7 Å². The third-order valence-electron chi connectivity index (χ3n) is 4.42. The maximum Gasteiger partial charge on any atom is 0.253 e. The number of nitrogens with zero attached hydrogens (tertiary/aromatic N) is 1. The van der Waals surface area contributed by atoms with Crippen molar-refractivity contribution in [2.24, 2.45) is 5.41 Å². The van der Waals surface area contributed by atoms with E-state index in [0.717, 1.165) is 19.4 Å². The number of piperidine rings is 1. The molecule has 0 bridgehead atoms. The van der Waals surface area contributed by atoms with Crippen LogP contribution in [0.25, 0.3) is 0 Å². The number of phenolic OH excluding ortho intramolecular Hbond substituents is 1. The molecular weight excluding hydrogens is 256 g/mol. The van der Waals surface area contributed by atoms with Crippen LogP contribution in [0.1, 0.15) is 29.6 Å². The van der Waals surface area contributed by atoms with Gasteiger partial charge in [-0.05, 0) is 42.5 Å². The van der Waals surface area contributed by atoms with E-state index in [1.54, 1.807) is 12.1 Å². The normalized spacial score (nSPS) is 21.0. The molecule has 0 radical (unpaired) electrons. The van der Waals surface area contributed by atoms with Crippen molar-refractivity contribution in [3.8, 4) is 5.75 Å². The summed E-state index contributed by atoms with van der Waals surface area (Å²) < 4.78 is 0. The van der Waals surface area contributed by atoms with Crippen LogP contribution in [0.3, 0.4) is 0 Å². The molecule has 2 saturated heterocycles. The lowest BCUT2D eigenvalue weighted by atomic mass is 9.77. The zero-order valence-electron chi connectivity index (χ0n) is 11.3. The van der Waals surface area contributed by atoms with Crippen LogP contribution in [0.2, 0.25) is 0 Å². The van der Waals surface area contributed by atoms with Gasteiger partial charge in [-0.15, -0.1) is 0 Å². The predicted octanol–water partition coefficient (Wildman–Crippen LogP) is 1.13. The van der Waals surface area contributed by atoms with Crippen molar-refractivity contribution in [3.05, 3.63) is 29.8 Å². The van der Waals surface area contributed by atoms with E-state index in [-0.39, 0.29) is 23.0 Å². The van der Waals surface area contributed by atoms with Gasteiger partial charge in [-0.3, -0.25) is 9.59 Å². The Morgan fingerprint density at radius 1 is 1.20 bits per heavy atom. The Morgan fingerprint density at radius 3 is 2.40 bits per heavy atom. The first kappa shape index (κ1) is 13.0. The first-order valence-corrected chi connectivity index (χ1v) is 6.93. The Morgan fingerprint density at radius 2 is 1.85 bits per heavy atom. The van der Waals surface area contributed by atoms with Crippen molar-refractivity contribution in [1.29, 1.82) is 0 Å². The molecule has 0 saturated carbocycles.